The van der Waals surface area contributed by atoms with Gasteiger partial charge in [0.2, 0.25) is 0 Å². The van der Waals surface area contributed by atoms with Crippen LogP contribution in [0, 0.1) is 0 Å². The number of imidazole rings is 1. The Morgan fingerprint density at radius 1 is 1.63 bits per heavy atom. The summed E-state index contributed by atoms with van der Waals surface area (Å²) in [6.45, 7) is 0.442. The number of aliphatic carboxylic acids is 1. The van der Waals surface area contributed by atoms with Crippen molar-refractivity contribution in [3.05, 3.63) is 18.2 Å². The third-order valence-electron chi connectivity index (χ3n) is 2.97. The first-order valence-corrected chi connectivity index (χ1v) is 7.06. The highest BCUT2D eigenvalue weighted by Crippen LogP contribution is 2.20. The molecule has 0 unspecified atom stereocenters. The molecule has 19 heavy (non-hydrogen) atoms. The number of carboxylic acid groups (broad SMARTS) is 1. The van der Waals surface area contributed by atoms with E-state index in [9.17, 15) is 9.59 Å². The fourth-order valence-electron chi connectivity index (χ4n) is 1.87. The second-order valence-electron chi connectivity index (χ2n) is 4.26. The van der Waals surface area contributed by atoms with Crippen molar-refractivity contribution in [2.45, 2.75) is 12.5 Å². The summed E-state index contributed by atoms with van der Waals surface area (Å²) in [5.74, 6) is 0.794. The second kappa shape index (κ2) is 5.96. The molecule has 1 aromatic heterocycles. The Morgan fingerprint density at radius 2 is 2.42 bits per heavy atom. The van der Waals surface area contributed by atoms with E-state index in [0.717, 1.165) is 5.82 Å². The number of hydrogen-bond donors (Lipinski definition) is 2. The average Bonchev–Trinajstić information content (AvgIpc) is 2.98. The van der Waals surface area contributed by atoms with Gasteiger partial charge in [0, 0.05) is 38.2 Å². The highest BCUT2D eigenvalue weighted by Gasteiger charge is 2.34. The largest absolute Gasteiger partial charge is 0.480 e. The number of carboxylic acids is 1. The molecule has 1 fully saturated rings. The van der Waals surface area contributed by atoms with Crippen molar-refractivity contribution < 1.29 is 14.7 Å². The quantitative estimate of drug-likeness (QED) is 0.820. The fourth-order valence-corrected chi connectivity index (χ4v) is 3.01. The van der Waals surface area contributed by atoms with Crippen molar-refractivity contribution in [3.8, 4) is 0 Å². The second-order valence-corrected chi connectivity index (χ2v) is 5.26. The Labute approximate surface area is 115 Å². The maximum Gasteiger partial charge on any atom is 0.327 e. The van der Waals surface area contributed by atoms with Gasteiger partial charge in [0.05, 0.1) is 5.88 Å². The number of carbonyl (C=O) groups excluding carboxylic acids is 1. The average molecular weight is 284 g/mol. The van der Waals surface area contributed by atoms with Crippen LogP contribution in [0.5, 0.6) is 0 Å². The van der Waals surface area contributed by atoms with Gasteiger partial charge in [-0.05, 0) is 0 Å². The van der Waals surface area contributed by atoms with E-state index < -0.39 is 12.0 Å². The van der Waals surface area contributed by atoms with Gasteiger partial charge in [-0.25, -0.2) is 14.6 Å². The number of thioether (sulfide) groups is 1. The number of hydrogen-bond acceptors (Lipinski definition) is 4. The molecule has 1 aliphatic rings. The van der Waals surface area contributed by atoms with E-state index >= 15 is 0 Å². The van der Waals surface area contributed by atoms with E-state index in [-0.39, 0.29) is 6.03 Å². The van der Waals surface area contributed by atoms with Crippen molar-refractivity contribution in [1.29, 1.82) is 0 Å². The SMILES string of the molecule is Cn1ccnc1CCNC(=O)N1CSC[C@@H]1C(=O)O. The molecule has 1 saturated heterocycles. The molecule has 2 heterocycles. The van der Waals surface area contributed by atoms with Gasteiger partial charge in [0.15, 0.2) is 0 Å². The molecule has 0 aromatic carbocycles. The zero-order chi connectivity index (χ0) is 13.8. The lowest BCUT2D eigenvalue weighted by Crippen LogP contribution is -2.47. The van der Waals surface area contributed by atoms with Gasteiger partial charge >= 0.3 is 12.0 Å². The first-order chi connectivity index (χ1) is 9.09. The third-order valence-corrected chi connectivity index (χ3v) is 3.99. The van der Waals surface area contributed by atoms with Crippen LogP contribution in [0.4, 0.5) is 4.79 Å². The number of rotatable bonds is 4. The van der Waals surface area contributed by atoms with Gasteiger partial charge in [0.25, 0.3) is 0 Å². The molecule has 0 spiro atoms. The lowest BCUT2D eigenvalue weighted by atomic mass is 10.3. The number of nitrogens with zero attached hydrogens (tertiary/aromatic N) is 3. The van der Waals surface area contributed by atoms with E-state index in [1.165, 1.54) is 16.7 Å². The monoisotopic (exact) mass is 284 g/mol. The lowest BCUT2D eigenvalue weighted by Gasteiger charge is -2.20. The van der Waals surface area contributed by atoms with Crippen molar-refractivity contribution >= 4 is 23.8 Å². The van der Waals surface area contributed by atoms with Crippen LogP contribution in [0.3, 0.4) is 0 Å². The topological polar surface area (TPSA) is 87.5 Å². The van der Waals surface area contributed by atoms with Crippen molar-refractivity contribution in [2.75, 3.05) is 18.2 Å². The summed E-state index contributed by atoms with van der Waals surface area (Å²) < 4.78 is 1.89. The Hall–Kier alpha value is -1.70. The van der Waals surface area contributed by atoms with Crippen molar-refractivity contribution in [1.82, 2.24) is 19.8 Å². The van der Waals surface area contributed by atoms with Gasteiger partial charge < -0.3 is 19.9 Å². The van der Waals surface area contributed by atoms with E-state index in [1.807, 2.05) is 17.8 Å². The van der Waals surface area contributed by atoms with Crippen LogP contribution >= 0.6 is 11.8 Å². The molecular weight excluding hydrogens is 268 g/mol. The highest BCUT2D eigenvalue weighted by atomic mass is 32.2. The summed E-state index contributed by atoms with van der Waals surface area (Å²) in [5, 5.41) is 11.7. The van der Waals surface area contributed by atoms with Crippen LogP contribution in [-0.4, -0.2) is 55.8 Å². The minimum absolute atomic E-state index is 0.327. The molecular formula is C11H16N4O3S. The normalized spacial score (nSPS) is 18.6. The molecule has 0 aliphatic carbocycles. The molecule has 0 radical (unpaired) electrons. The predicted molar refractivity (Wildman–Crippen MR) is 70.9 cm³/mol. The number of aromatic nitrogens is 2. The van der Waals surface area contributed by atoms with E-state index in [0.29, 0.717) is 24.6 Å². The van der Waals surface area contributed by atoms with Gasteiger partial charge in [-0.3, -0.25) is 0 Å². The number of urea groups is 1. The Morgan fingerprint density at radius 3 is 3.05 bits per heavy atom. The molecule has 2 amide bonds. The van der Waals surface area contributed by atoms with Gasteiger partial charge in [-0.2, -0.15) is 0 Å². The molecule has 2 rings (SSSR count). The lowest BCUT2D eigenvalue weighted by molar-refractivity contribution is -0.140. The van der Waals surface area contributed by atoms with Crippen LogP contribution in [0.15, 0.2) is 12.4 Å². The maximum atomic E-state index is 11.9. The molecule has 1 atom stereocenters. The maximum absolute atomic E-state index is 11.9. The molecule has 104 valence electrons. The zero-order valence-corrected chi connectivity index (χ0v) is 11.4. The smallest absolute Gasteiger partial charge is 0.327 e. The number of aryl methyl sites for hydroxylation is 1. The zero-order valence-electron chi connectivity index (χ0n) is 10.6. The summed E-state index contributed by atoms with van der Waals surface area (Å²) in [7, 11) is 1.89. The molecule has 1 aromatic rings. The molecule has 8 heteroatoms. The van der Waals surface area contributed by atoms with Crippen LogP contribution in [0.1, 0.15) is 5.82 Å². The van der Waals surface area contributed by atoms with Crippen LogP contribution in [0.2, 0.25) is 0 Å². The van der Waals surface area contributed by atoms with E-state index in [2.05, 4.69) is 10.3 Å². The summed E-state index contributed by atoms with van der Waals surface area (Å²) in [6, 6.07) is -1.05. The van der Waals surface area contributed by atoms with Crippen molar-refractivity contribution in [2.24, 2.45) is 7.05 Å². The van der Waals surface area contributed by atoms with Gasteiger partial charge in [0.1, 0.15) is 11.9 Å². The molecule has 1 aliphatic heterocycles. The fraction of sp³-hybridized carbons (Fsp3) is 0.545. The van der Waals surface area contributed by atoms with Gasteiger partial charge in [-0.15, -0.1) is 11.8 Å². The molecule has 7 nitrogen and oxygen atoms in total. The van der Waals surface area contributed by atoms with Crippen LogP contribution in [-0.2, 0) is 18.3 Å². The molecule has 0 bridgehead atoms. The number of carbonyl (C=O) groups is 2. The summed E-state index contributed by atoms with van der Waals surface area (Å²) in [4.78, 5) is 28.4. The summed E-state index contributed by atoms with van der Waals surface area (Å²) >= 11 is 1.45. The first kappa shape index (κ1) is 13.7. The first-order valence-electron chi connectivity index (χ1n) is 5.91. The van der Waals surface area contributed by atoms with E-state index in [4.69, 9.17) is 5.11 Å². The predicted octanol–water partition coefficient (Wildman–Crippen LogP) is 0.132. The Kier molecular flexibility index (Phi) is 4.31. The highest BCUT2D eigenvalue weighted by molar-refractivity contribution is 7.99. The van der Waals surface area contributed by atoms with Gasteiger partial charge in [-0.1, -0.05) is 0 Å². The third kappa shape index (κ3) is 3.19. The summed E-state index contributed by atoms with van der Waals surface area (Å²) in [6.07, 6.45) is 4.16. The van der Waals surface area contributed by atoms with E-state index in [1.54, 1.807) is 6.20 Å². The van der Waals surface area contributed by atoms with Crippen LogP contribution in [0.25, 0.3) is 0 Å². The van der Waals surface area contributed by atoms with Crippen molar-refractivity contribution in [3.63, 3.8) is 0 Å². The van der Waals surface area contributed by atoms with Crippen LogP contribution < -0.4 is 5.32 Å². The summed E-state index contributed by atoms with van der Waals surface area (Å²) in [5.41, 5.74) is 0. The number of amides is 2. The Balaban J connectivity index is 1.81. The molecule has 0 saturated carbocycles. The minimum Gasteiger partial charge on any atom is -0.480 e. The minimum atomic E-state index is -0.954. The molecule has 2 N–H and O–H groups in total. The number of nitrogens with one attached hydrogen (secondary N) is 1. The standard InChI is InChI=1S/C11H16N4O3S/c1-14-5-4-12-9(14)2-3-13-11(18)15-7-19-6-8(15)10(16)17/h4-5,8H,2-3,6-7H2,1H3,(H,13,18)(H,16,17)/t8-/m1/s1. The Bertz CT molecular complexity index is 476.